The van der Waals surface area contributed by atoms with E-state index in [4.69, 9.17) is 4.98 Å². The van der Waals surface area contributed by atoms with Crippen molar-refractivity contribution in [2.75, 3.05) is 5.32 Å². The van der Waals surface area contributed by atoms with E-state index >= 15 is 0 Å². The molecule has 1 heterocycles. The molecule has 0 bridgehead atoms. The third kappa shape index (κ3) is 2.83. The fourth-order valence-corrected chi connectivity index (χ4v) is 5.93. The van der Waals surface area contributed by atoms with Crippen LogP contribution in [-0.4, -0.2) is 4.98 Å². The second kappa shape index (κ2) is 6.38. The molecule has 136 valence electrons. The van der Waals surface area contributed by atoms with Gasteiger partial charge in [0.1, 0.15) is 0 Å². The zero-order valence-electron chi connectivity index (χ0n) is 16.2. The van der Waals surface area contributed by atoms with Crippen LogP contribution in [-0.2, 0) is 6.42 Å². The SMILES string of the molecule is C=C(C)[C@@H]1CC=C2c3sc(Nc4cccc(C)c4)nc3CC[C@]2(C)[C@H]1C. The standard InChI is InChI=1S/C23H28N2S/c1-14(2)18-9-10-19-21-20(11-12-23(19,5)16(18)4)25-22(26-21)24-17-8-6-7-15(3)13-17/h6-8,10,13,16,18H,1,9,11-12H2,2-5H3,(H,24,25)/t16-,18-,23+/m0/s1. The van der Waals surface area contributed by atoms with Gasteiger partial charge < -0.3 is 5.32 Å². The second-order valence-corrected chi connectivity index (χ2v) is 9.30. The highest BCUT2D eigenvalue weighted by atomic mass is 32.1. The minimum Gasteiger partial charge on any atom is -0.332 e. The summed E-state index contributed by atoms with van der Waals surface area (Å²) in [5.41, 5.74) is 6.74. The first-order valence-corrected chi connectivity index (χ1v) is 10.4. The van der Waals surface area contributed by atoms with Crippen molar-refractivity contribution in [3.63, 3.8) is 0 Å². The number of allylic oxidation sites excluding steroid dienone is 3. The van der Waals surface area contributed by atoms with Gasteiger partial charge in [0.15, 0.2) is 5.13 Å². The predicted octanol–water partition coefficient (Wildman–Crippen LogP) is 6.76. The summed E-state index contributed by atoms with van der Waals surface area (Å²) in [5.74, 6) is 1.23. The summed E-state index contributed by atoms with van der Waals surface area (Å²) in [6.07, 6.45) is 5.85. The van der Waals surface area contributed by atoms with E-state index in [1.807, 2.05) is 11.3 Å². The van der Waals surface area contributed by atoms with Crippen molar-refractivity contribution >= 4 is 27.7 Å². The van der Waals surface area contributed by atoms with Crippen LogP contribution in [0.15, 0.2) is 42.5 Å². The molecule has 0 radical (unpaired) electrons. The number of hydrogen-bond acceptors (Lipinski definition) is 3. The molecule has 3 atom stereocenters. The number of aryl methyl sites for hydroxylation is 2. The molecule has 1 aromatic carbocycles. The van der Waals surface area contributed by atoms with E-state index in [0.29, 0.717) is 11.8 Å². The predicted molar refractivity (Wildman–Crippen MR) is 113 cm³/mol. The monoisotopic (exact) mass is 364 g/mol. The Kier molecular flexibility index (Phi) is 4.31. The van der Waals surface area contributed by atoms with Gasteiger partial charge in [0.2, 0.25) is 0 Å². The van der Waals surface area contributed by atoms with Gasteiger partial charge in [-0.3, -0.25) is 0 Å². The van der Waals surface area contributed by atoms with Gasteiger partial charge in [-0.2, -0.15) is 0 Å². The van der Waals surface area contributed by atoms with E-state index in [0.717, 1.165) is 23.7 Å². The van der Waals surface area contributed by atoms with Crippen LogP contribution in [0.5, 0.6) is 0 Å². The Balaban J connectivity index is 1.68. The molecule has 2 nitrogen and oxygen atoms in total. The Labute approximate surface area is 161 Å². The Bertz CT molecular complexity index is 891. The molecule has 1 N–H and O–H groups in total. The fourth-order valence-electron chi connectivity index (χ4n) is 4.72. The van der Waals surface area contributed by atoms with E-state index in [1.165, 1.54) is 33.7 Å². The van der Waals surface area contributed by atoms with Gasteiger partial charge in [-0.15, -0.1) is 0 Å². The number of anilines is 2. The summed E-state index contributed by atoms with van der Waals surface area (Å²) in [7, 11) is 0. The normalized spacial score (nSPS) is 27.3. The van der Waals surface area contributed by atoms with Gasteiger partial charge in [-0.25, -0.2) is 4.98 Å². The molecular weight excluding hydrogens is 336 g/mol. The van der Waals surface area contributed by atoms with Crippen molar-refractivity contribution in [2.24, 2.45) is 17.3 Å². The number of nitrogens with one attached hydrogen (secondary N) is 1. The summed E-state index contributed by atoms with van der Waals surface area (Å²) >= 11 is 1.82. The second-order valence-electron chi connectivity index (χ2n) is 8.30. The molecule has 0 amide bonds. The maximum atomic E-state index is 4.93. The molecule has 0 spiro atoms. The average Bonchev–Trinajstić information content (AvgIpc) is 2.98. The van der Waals surface area contributed by atoms with Crippen molar-refractivity contribution in [2.45, 2.75) is 47.0 Å². The van der Waals surface area contributed by atoms with Gasteiger partial charge in [0.25, 0.3) is 0 Å². The number of rotatable bonds is 3. The summed E-state index contributed by atoms with van der Waals surface area (Å²) in [6.45, 7) is 13.4. The van der Waals surface area contributed by atoms with E-state index < -0.39 is 0 Å². The maximum Gasteiger partial charge on any atom is 0.187 e. The molecule has 2 aliphatic carbocycles. The molecule has 0 saturated heterocycles. The zero-order valence-corrected chi connectivity index (χ0v) is 17.0. The van der Waals surface area contributed by atoms with Crippen molar-refractivity contribution < 1.29 is 0 Å². The van der Waals surface area contributed by atoms with Crippen LogP contribution < -0.4 is 5.32 Å². The molecule has 0 saturated carbocycles. The van der Waals surface area contributed by atoms with Crippen LogP contribution in [0, 0.1) is 24.2 Å². The Morgan fingerprint density at radius 1 is 1.38 bits per heavy atom. The van der Waals surface area contributed by atoms with Crippen LogP contribution >= 0.6 is 11.3 Å². The smallest absolute Gasteiger partial charge is 0.187 e. The Morgan fingerprint density at radius 2 is 2.19 bits per heavy atom. The van der Waals surface area contributed by atoms with E-state index in [9.17, 15) is 0 Å². The number of benzene rings is 1. The van der Waals surface area contributed by atoms with Crippen molar-refractivity contribution in [3.05, 3.63) is 58.6 Å². The lowest BCUT2D eigenvalue weighted by Gasteiger charge is -2.47. The third-order valence-corrected chi connectivity index (χ3v) is 7.57. The molecule has 2 aromatic rings. The van der Waals surface area contributed by atoms with Gasteiger partial charge in [0.05, 0.1) is 10.6 Å². The van der Waals surface area contributed by atoms with Crippen LogP contribution in [0.3, 0.4) is 0 Å². The van der Waals surface area contributed by atoms with Gasteiger partial charge >= 0.3 is 0 Å². The Hall–Kier alpha value is -1.87. The molecule has 26 heavy (non-hydrogen) atoms. The highest BCUT2D eigenvalue weighted by Crippen LogP contribution is 2.57. The summed E-state index contributed by atoms with van der Waals surface area (Å²) in [5, 5.41) is 4.53. The average molecular weight is 365 g/mol. The minimum absolute atomic E-state index is 0.238. The maximum absolute atomic E-state index is 4.93. The van der Waals surface area contributed by atoms with Gasteiger partial charge in [-0.1, -0.05) is 55.5 Å². The Morgan fingerprint density at radius 3 is 2.92 bits per heavy atom. The van der Waals surface area contributed by atoms with Crippen LogP contribution in [0.4, 0.5) is 10.8 Å². The van der Waals surface area contributed by atoms with Crippen molar-refractivity contribution in [3.8, 4) is 0 Å². The highest BCUT2D eigenvalue weighted by Gasteiger charge is 2.45. The first-order valence-electron chi connectivity index (χ1n) is 9.58. The van der Waals surface area contributed by atoms with Crippen molar-refractivity contribution in [1.29, 1.82) is 0 Å². The zero-order chi connectivity index (χ0) is 18.5. The summed E-state index contributed by atoms with van der Waals surface area (Å²) in [6, 6.07) is 8.49. The summed E-state index contributed by atoms with van der Waals surface area (Å²) in [4.78, 5) is 6.33. The number of fused-ring (bicyclic) bond motifs is 3. The van der Waals surface area contributed by atoms with E-state index in [2.05, 4.69) is 69.9 Å². The van der Waals surface area contributed by atoms with Gasteiger partial charge in [-0.05, 0) is 73.6 Å². The fraction of sp³-hybridized carbons (Fsp3) is 0.435. The summed E-state index contributed by atoms with van der Waals surface area (Å²) < 4.78 is 0. The van der Waals surface area contributed by atoms with Gasteiger partial charge in [0, 0.05) is 5.69 Å². The molecule has 1 aromatic heterocycles. The van der Waals surface area contributed by atoms with E-state index in [1.54, 1.807) is 0 Å². The largest absolute Gasteiger partial charge is 0.332 e. The number of nitrogens with zero attached hydrogens (tertiary/aromatic N) is 1. The number of thiazole rings is 1. The quantitative estimate of drug-likeness (QED) is 0.608. The first kappa shape index (κ1) is 17.5. The topological polar surface area (TPSA) is 24.9 Å². The highest BCUT2D eigenvalue weighted by molar-refractivity contribution is 7.16. The van der Waals surface area contributed by atoms with Crippen LogP contribution in [0.25, 0.3) is 5.57 Å². The van der Waals surface area contributed by atoms with Crippen LogP contribution in [0.1, 0.15) is 49.7 Å². The molecule has 4 rings (SSSR count). The molecule has 3 heteroatoms. The number of aromatic nitrogens is 1. The van der Waals surface area contributed by atoms with E-state index in [-0.39, 0.29) is 5.41 Å². The molecular formula is C23H28N2S. The lowest BCUT2D eigenvalue weighted by Crippen LogP contribution is -2.38. The minimum atomic E-state index is 0.238. The molecule has 0 unspecified atom stereocenters. The lowest BCUT2D eigenvalue weighted by molar-refractivity contribution is 0.191. The first-order chi connectivity index (χ1) is 12.4. The molecule has 0 aliphatic heterocycles. The van der Waals surface area contributed by atoms with Crippen molar-refractivity contribution in [1.82, 2.24) is 4.98 Å². The molecule has 2 aliphatic rings. The molecule has 0 fully saturated rings. The number of hydrogen-bond donors (Lipinski definition) is 1. The third-order valence-electron chi connectivity index (χ3n) is 6.53. The van der Waals surface area contributed by atoms with Crippen LogP contribution in [0.2, 0.25) is 0 Å². The lowest BCUT2D eigenvalue weighted by atomic mass is 9.57.